The van der Waals surface area contributed by atoms with Gasteiger partial charge in [0.05, 0.1) is 11.8 Å². The highest BCUT2D eigenvalue weighted by molar-refractivity contribution is 6.30. The molecular weight excluding hydrogens is 485 g/mol. The second-order valence-electron chi connectivity index (χ2n) is 9.44. The van der Waals surface area contributed by atoms with Gasteiger partial charge in [-0.05, 0) is 39.0 Å². The molecule has 0 aromatic carbocycles. The van der Waals surface area contributed by atoms with E-state index in [1.165, 1.54) is 0 Å². The van der Waals surface area contributed by atoms with Crippen molar-refractivity contribution in [3.8, 4) is 11.4 Å². The molecule has 0 aliphatic carbocycles. The van der Waals surface area contributed by atoms with Crippen LogP contribution in [0.15, 0.2) is 18.3 Å². The molecule has 12 heteroatoms. The Hall–Kier alpha value is -2.37. The van der Waals surface area contributed by atoms with Gasteiger partial charge in [-0.2, -0.15) is 18.3 Å². The average Bonchev–Trinajstić information content (AvgIpc) is 3.33. The highest BCUT2D eigenvalue weighted by Gasteiger charge is 2.35. The fourth-order valence-corrected chi connectivity index (χ4v) is 5.46. The van der Waals surface area contributed by atoms with Crippen LogP contribution in [0, 0.1) is 0 Å². The summed E-state index contributed by atoms with van der Waals surface area (Å²) in [4.78, 5) is 6.46. The van der Waals surface area contributed by atoms with Crippen LogP contribution in [0.3, 0.4) is 0 Å². The van der Waals surface area contributed by atoms with E-state index in [0.29, 0.717) is 48.6 Å². The lowest BCUT2D eigenvalue weighted by atomic mass is 10.00. The average molecular weight is 514 g/mol. The predicted octanol–water partition coefficient (Wildman–Crippen LogP) is 3.99. The Balaban J connectivity index is 1.72. The zero-order valence-electron chi connectivity index (χ0n) is 19.7. The van der Waals surface area contributed by atoms with E-state index in [0.717, 1.165) is 23.9 Å². The summed E-state index contributed by atoms with van der Waals surface area (Å²) in [6.45, 7) is 1.81. The molecule has 1 unspecified atom stereocenters. The number of nitrogens with zero attached hydrogens (tertiary/aromatic N) is 6. The molecule has 5 rings (SSSR count). The van der Waals surface area contributed by atoms with Gasteiger partial charge in [0.15, 0.2) is 19.5 Å². The van der Waals surface area contributed by atoms with Crippen LogP contribution in [0.5, 0.6) is 0 Å². The van der Waals surface area contributed by atoms with Crippen LogP contribution >= 0.6 is 11.6 Å². The zero-order chi connectivity index (χ0) is 24.9. The summed E-state index contributed by atoms with van der Waals surface area (Å²) in [5.74, 6) is 0. The largest absolute Gasteiger partial charge is 0.408 e. The highest BCUT2D eigenvalue weighted by atomic mass is 35.5. The topological polar surface area (TPSA) is 72.2 Å². The van der Waals surface area contributed by atoms with Gasteiger partial charge in [-0.15, -0.1) is 9.36 Å². The number of hydrogen-bond acceptors (Lipinski definition) is 5. The molecular formula is C23H29ClF3N6O2+. The van der Waals surface area contributed by atoms with Crippen molar-refractivity contribution >= 4 is 28.3 Å². The van der Waals surface area contributed by atoms with Gasteiger partial charge < -0.3 is 14.7 Å². The number of halogens is 4. The van der Waals surface area contributed by atoms with Crippen LogP contribution in [0.2, 0.25) is 5.15 Å². The zero-order valence-corrected chi connectivity index (χ0v) is 20.4. The maximum atomic E-state index is 13.7. The third kappa shape index (κ3) is 4.73. The van der Waals surface area contributed by atoms with Gasteiger partial charge in [-0.1, -0.05) is 11.6 Å². The second-order valence-corrected chi connectivity index (χ2v) is 9.83. The third-order valence-corrected chi connectivity index (χ3v) is 7.03. The Bertz CT molecular complexity index is 1220. The summed E-state index contributed by atoms with van der Waals surface area (Å²) < 4.78 is 51.7. The van der Waals surface area contributed by atoms with Crippen molar-refractivity contribution in [2.24, 2.45) is 7.05 Å². The van der Waals surface area contributed by atoms with Crippen molar-refractivity contribution in [2.45, 2.75) is 70.1 Å². The number of rotatable bonds is 4. The number of aliphatic hydroxyl groups is 1. The van der Waals surface area contributed by atoms with Crippen molar-refractivity contribution < 1.29 is 27.7 Å². The number of piperidine rings is 1. The Labute approximate surface area is 205 Å². The number of pyridine rings is 1. The first-order chi connectivity index (χ1) is 16.6. The van der Waals surface area contributed by atoms with E-state index in [9.17, 15) is 18.3 Å². The van der Waals surface area contributed by atoms with Gasteiger partial charge in [0.25, 0.3) is 0 Å². The lowest BCUT2D eigenvalue weighted by Crippen LogP contribution is -2.43. The number of aromatic nitrogens is 5. The molecule has 0 radical (unpaired) electrons. The van der Waals surface area contributed by atoms with Crippen LogP contribution in [-0.4, -0.2) is 56.0 Å². The lowest BCUT2D eigenvalue weighted by molar-refractivity contribution is -0.760. The van der Waals surface area contributed by atoms with E-state index in [4.69, 9.17) is 16.3 Å². The Kier molecular flexibility index (Phi) is 6.43. The molecule has 2 fully saturated rings. The van der Waals surface area contributed by atoms with Crippen LogP contribution in [-0.2, 0) is 18.3 Å². The van der Waals surface area contributed by atoms with Crippen LogP contribution < -0.4 is 9.58 Å². The van der Waals surface area contributed by atoms with Crippen molar-refractivity contribution in [3.05, 3.63) is 23.5 Å². The Morgan fingerprint density at radius 1 is 1.29 bits per heavy atom. The Morgan fingerprint density at radius 3 is 2.77 bits per heavy atom. The number of ether oxygens (including phenoxy) is 1. The summed E-state index contributed by atoms with van der Waals surface area (Å²) in [6, 6.07) is 3.33. The fourth-order valence-electron chi connectivity index (χ4n) is 5.27. The van der Waals surface area contributed by atoms with Gasteiger partial charge in [0.2, 0.25) is 0 Å². The first-order valence-electron chi connectivity index (χ1n) is 11.9. The van der Waals surface area contributed by atoms with Crippen molar-refractivity contribution in [1.82, 2.24) is 19.4 Å². The molecule has 3 aromatic rings. The van der Waals surface area contributed by atoms with Crippen LogP contribution in [0.1, 0.15) is 45.3 Å². The smallest absolute Gasteiger partial charge is 0.393 e. The summed E-state index contributed by atoms with van der Waals surface area (Å²) in [5, 5.41) is 14.7. The minimum absolute atomic E-state index is 0.0876. The van der Waals surface area contributed by atoms with Crippen molar-refractivity contribution in [1.29, 1.82) is 0 Å². The van der Waals surface area contributed by atoms with Crippen molar-refractivity contribution in [3.63, 3.8) is 0 Å². The van der Waals surface area contributed by atoms with E-state index < -0.39 is 18.8 Å². The number of aryl methyl sites for hydroxylation is 1. The summed E-state index contributed by atoms with van der Waals surface area (Å²) in [7, 11) is 1.86. The van der Waals surface area contributed by atoms with E-state index in [1.54, 1.807) is 6.07 Å². The SMILES string of the molecule is C[C@@H]1C[C@H](O)CCN1c1cc(Cl)nc2c(-c3cc[n+](C)n3C3CCCCO3)nn(CC(F)(F)F)c12. The molecule has 35 heavy (non-hydrogen) atoms. The predicted molar refractivity (Wildman–Crippen MR) is 124 cm³/mol. The standard InChI is InChI=1S/C23H29ClF3N6O2/c1-14-11-15(34)6-9-31(14)17-12-18(24)28-21-20(29-32(22(17)21)13-23(25,26)27)16-7-8-30(2)33(16)19-5-3-4-10-35-19/h7-8,12,14-15,19,34H,3-6,9-11,13H2,1-2H3/q+1/t14-,15-,19?/m1/s1. The van der Waals surface area contributed by atoms with Gasteiger partial charge >= 0.3 is 6.18 Å². The van der Waals surface area contributed by atoms with Gasteiger partial charge in [0.1, 0.15) is 34.1 Å². The second kappa shape index (κ2) is 9.25. The minimum Gasteiger partial charge on any atom is -0.393 e. The molecule has 0 saturated carbocycles. The molecule has 2 aliphatic heterocycles. The van der Waals surface area contributed by atoms with Crippen LogP contribution in [0.4, 0.5) is 18.9 Å². The first-order valence-corrected chi connectivity index (χ1v) is 12.3. The molecule has 0 spiro atoms. The maximum Gasteiger partial charge on any atom is 0.408 e. The molecule has 3 aromatic heterocycles. The first kappa shape index (κ1) is 24.3. The van der Waals surface area contributed by atoms with E-state index in [-0.39, 0.29) is 22.9 Å². The molecule has 2 saturated heterocycles. The maximum absolute atomic E-state index is 13.7. The lowest BCUT2D eigenvalue weighted by Gasteiger charge is -2.38. The number of aliphatic hydroxyl groups excluding tert-OH is 1. The third-order valence-electron chi connectivity index (χ3n) is 6.84. The number of anilines is 1. The molecule has 5 heterocycles. The minimum atomic E-state index is -4.48. The fraction of sp³-hybridized carbons (Fsp3) is 0.609. The quantitative estimate of drug-likeness (QED) is 0.422. The van der Waals surface area contributed by atoms with Gasteiger partial charge in [-0.3, -0.25) is 4.68 Å². The molecule has 1 N–H and O–H groups in total. The Morgan fingerprint density at radius 2 is 2.09 bits per heavy atom. The number of hydrogen-bond donors (Lipinski definition) is 1. The summed E-state index contributed by atoms with van der Waals surface area (Å²) >= 11 is 6.43. The summed E-state index contributed by atoms with van der Waals surface area (Å²) in [6.07, 6.45) is 0.471. The van der Waals surface area contributed by atoms with Crippen molar-refractivity contribution in [2.75, 3.05) is 18.1 Å². The van der Waals surface area contributed by atoms with Gasteiger partial charge in [0, 0.05) is 31.3 Å². The summed E-state index contributed by atoms with van der Waals surface area (Å²) in [5.41, 5.74) is 2.08. The van der Waals surface area contributed by atoms with E-state index in [2.05, 4.69) is 10.1 Å². The molecule has 0 bridgehead atoms. The highest BCUT2D eigenvalue weighted by Crippen LogP contribution is 2.39. The number of alkyl halides is 3. The van der Waals surface area contributed by atoms with E-state index >= 15 is 0 Å². The molecule has 0 amide bonds. The molecule has 190 valence electrons. The molecule has 3 atom stereocenters. The molecule has 2 aliphatic rings. The van der Waals surface area contributed by atoms with Gasteiger partial charge in [-0.25, -0.2) is 4.98 Å². The van der Waals surface area contributed by atoms with E-state index in [1.807, 2.05) is 40.5 Å². The normalized spacial score (nSPS) is 23.9. The monoisotopic (exact) mass is 513 g/mol. The number of fused-ring (bicyclic) bond motifs is 1. The van der Waals surface area contributed by atoms with Crippen LogP contribution in [0.25, 0.3) is 22.4 Å². The molecule has 8 nitrogen and oxygen atoms in total.